The fraction of sp³-hybridized carbons (Fsp3) is 0.692. The van der Waals surface area contributed by atoms with Gasteiger partial charge in [-0.3, -0.25) is 14.5 Å². The SMILES string of the molecule is CCCCCCCCC1(C)SC(=O)C=C1OCC(=O)N1CCN(CC2C=CC(O)=CC2)CC1. The van der Waals surface area contributed by atoms with Crippen molar-refractivity contribution in [1.82, 2.24) is 9.80 Å². The van der Waals surface area contributed by atoms with Crippen LogP contribution in [0, 0.1) is 5.92 Å². The van der Waals surface area contributed by atoms with E-state index in [9.17, 15) is 14.7 Å². The summed E-state index contributed by atoms with van der Waals surface area (Å²) < 4.78 is 5.58. The Morgan fingerprint density at radius 3 is 2.61 bits per heavy atom. The number of amides is 1. The van der Waals surface area contributed by atoms with Crippen molar-refractivity contribution in [3.05, 3.63) is 35.8 Å². The lowest BCUT2D eigenvalue weighted by Crippen LogP contribution is -2.50. The fourth-order valence-corrected chi connectivity index (χ4v) is 5.78. The van der Waals surface area contributed by atoms with E-state index in [4.69, 9.17) is 4.74 Å². The van der Waals surface area contributed by atoms with E-state index in [1.54, 1.807) is 12.2 Å². The number of allylic oxidation sites excluding steroid dienone is 2. The second kappa shape index (κ2) is 12.7. The van der Waals surface area contributed by atoms with Crippen LogP contribution in [0.3, 0.4) is 0 Å². The zero-order valence-electron chi connectivity index (χ0n) is 20.3. The molecule has 184 valence electrons. The minimum atomic E-state index is -0.350. The predicted octanol–water partition coefficient (Wildman–Crippen LogP) is 4.83. The van der Waals surface area contributed by atoms with Gasteiger partial charge in [0.1, 0.15) is 11.5 Å². The van der Waals surface area contributed by atoms with Crippen molar-refractivity contribution in [3.63, 3.8) is 0 Å². The summed E-state index contributed by atoms with van der Waals surface area (Å²) in [4.78, 5) is 29.1. The van der Waals surface area contributed by atoms with Gasteiger partial charge < -0.3 is 14.7 Å². The third-order valence-corrected chi connectivity index (χ3v) is 8.02. The van der Waals surface area contributed by atoms with Crippen molar-refractivity contribution >= 4 is 22.8 Å². The second-order valence-corrected chi connectivity index (χ2v) is 11.1. The molecular weight excluding hydrogens is 436 g/mol. The summed E-state index contributed by atoms with van der Waals surface area (Å²) in [6.45, 7) is 8.32. The van der Waals surface area contributed by atoms with Gasteiger partial charge >= 0.3 is 0 Å². The van der Waals surface area contributed by atoms with Crippen LogP contribution >= 0.6 is 11.8 Å². The Kier molecular flexibility index (Phi) is 9.93. The van der Waals surface area contributed by atoms with Gasteiger partial charge in [0.25, 0.3) is 5.91 Å². The van der Waals surface area contributed by atoms with Crippen LogP contribution in [0.4, 0.5) is 0 Å². The second-order valence-electron chi connectivity index (χ2n) is 9.63. The molecule has 6 nitrogen and oxygen atoms in total. The number of nitrogens with zero attached hydrogens (tertiary/aromatic N) is 2. The highest BCUT2D eigenvalue weighted by atomic mass is 32.2. The number of carbonyl (C=O) groups is 2. The van der Waals surface area contributed by atoms with E-state index in [2.05, 4.69) is 24.8 Å². The van der Waals surface area contributed by atoms with Crippen LogP contribution in [0.25, 0.3) is 0 Å². The summed E-state index contributed by atoms with van der Waals surface area (Å²) in [5.74, 6) is 1.42. The molecule has 33 heavy (non-hydrogen) atoms. The van der Waals surface area contributed by atoms with Crippen molar-refractivity contribution in [2.75, 3.05) is 39.3 Å². The van der Waals surface area contributed by atoms with Gasteiger partial charge in [-0.15, -0.1) is 0 Å². The Morgan fingerprint density at radius 2 is 1.91 bits per heavy atom. The van der Waals surface area contributed by atoms with Gasteiger partial charge in [0, 0.05) is 38.8 Å². The van der Waals surface area contributed by atoms with Crippen molar-refractivity contribution in [1.29, 1.82) is 0 Å². The molecule has 0 saturated carbocycles. The average molecular weight is 477 g/mol. The fourth-order valence-electron chi connectivity index (χ4n) is 4.70. The minimum Gasteiger partial charge on any atom is -0.508 e. The van der Waals surface area contributed by atoms with E-state index < -0.39 is 0 Å². The molecule has 1 saturated heterocycles. The third-order valence-electron chi connectivity index (χ3n) is 6.84. The summed E-state index contributed by atoms with van der Waals surface area (Å²) >= 11 is 1.34. The maximum Gasteiger partial charge on any atom is 0.260 e. The summed E-state index contributed by atoms with van der Waals surface area (Å²) in [7, 11) is 0. The quantitative estimate of drug-likeness (QED) is 0.407. The minimum absolute atomic E-state index is 0.00119. The molecule has 3 aliphatic rings. The Morgan fingerprint density at radius 1 is 1.18 bits per heavy atom. The molecule has 0 aromatic carbocycles. The first-order chi connectivity index (χ1) is 15.9. The van der Waals surface area contributed by atoms with Gasteiger partial charge in [-0.25, -0.2) is 0 Å². The van der Waals surface area contributed by atoms with E-state index in [1.165, 1.54) is 43.9 Å². The lowest BCUT2D eigenvalue weighted by molar-refractivity contribution is -0.136. The molecule has 0 aromatic heterocycles. The van der Waals surface area contributed by atoms with Gasteiger partial charge in [0.2, 0.25) is 5.12 Å². The first-order valence-corrected chi connectivity index (χ1v) is 13.4. The van der Waals surface area contributed by atoms with Gasteiger partial charge in [-0.1, -0.05) is 63.3 Å². The molecule has 2 atom stereocenters. The van der Waals surface area contributed by atoms with Crippen molar-refractivity contribution < 1.29 is 19.4 Å². The summed E-state index contributed by atoms with van der Waals surface area (Å²) in [5, 5.41) is 9.49. The Labute approximate surface area is 203 Å². The lowest BCUT2D eigenvalue weighted by atomic mass is 9.99. The molecule has 0 aromatic rings. The topological polar surface area (TPSA) is 70.1 Å². The number of piperazine rings is 1. The van der Waals surface area contributed by atoms with Crippen molar-refractivity contribution in [3.8, 4) is 0 Å². The van der Waals surface area contributed by atoms with Crippen LogP contribution in [-0.4, -0.2) is 70.0 Å². The van der Waals surface area contributed by atoms with Gasteiger partial charge in [-0.2, -0.15) is 0 Å². The number of aliphatic hydroxyl groups is 1. The van der Waals surface area contributed by atoms with E-state index in [0.29, 0.717) is 30.5 Å². The highest BCUT2D eigenvalue weighted by Crippen LogP contribution is 2.44. The number of hydrogen-bond acceptors (Lipinski definition) is 6. The molecular formula is C26H40N2O4S. The first kappa shape index (κ1) is 25.9. The molecule has 0 spiro atoms. The Balaban J connectivity index is 1.38. The Hall–Kier alpha value is -1.73. The van der Waals surface area contributed by atoms with E-state index in [0.717, 1.165) is 38.9 Å². The largest absolute Gasteiger partial charge is 0.508 e. The standard InChI is InChI=1S/C26H40N2O4S/c1-3-4-5-6-7-8-13-26(2)23(18-25(31)33-26)32-20-24(30)28-16-14-27(15-17-28)19-21-9-11-22(29)12-10-21/h9,11-12,18,21,29H,3-8,10,13-17,19-20H2,1-2H3. The van der Waals surface area contributed by atoms with E-state index in [1.807, 2.05) is 11.0 Å². The summed E-state index contributed by atoms with van der Waals surface area (Å²) in [6.07, 6.45) is 16.3. The van der Waals surface area contributed by atoms with Crippen LogP contribution in [-0.2, 0) is 14.3 Å². The molecule has 0 radical (unpaired) electrons. The number of carbonyl (C=O) groups excluding carboxylic acids is 2. The maximum atomic E-state index is 12.8. The van der Waals surface area contributed by atoms with Gasteiger partial charge in [0.05, 0.1) is 4.75 Å². The smallest absolute Gasteiger partial charge is 0.260 e. The van der Waals surface area contributed by atoms with Crippen LogP contribution in [0.5, 0.6) is 0 Å². The van der Waals surface area contributed by atoms with E-state index in [-0.39, 0.29) is 22.4 Å². The zero-order valence-corrected chi connectivity index (χ0v) is 21.1. The molecule has 3 rings (SSSR count). The molecule has 0 bridgehead atoms. The number of ether oxygens (including phenoxy) is 1. The van der Waals surface area contributed by atoms with Gasteiger partial charge in [0.15, 0.2) is 6.61 Å². The van der Waals surface area contributed by atoms with E-state index >= 15 is 0 Å². The van der Waals surface area contributed by atoms with Crippen LogP contribution in [0.2, 0.25) is 0 Å². The molecule has 1 fully saturated rings. The number of rotatable bonds is 12. The average Bonchev–Trinajstić information content (AvgIpc) is 3.09. The summed E-state index contributed by atoms with van der Waals surface area (Å²) in [5.41, 5.74) is 0. The van der Waals surface area contributed by atoms with Crippen LogP contribution < -0.4 is 0 Å². The molecule has 1 N–H and O–H groups in total. The first-order valence-electron chi connectivity index (χ1n) is 12.5. The Bertz CT molecular complexity index is 770. The normalized spacial score (nSPS) is 25.8. The monoisotopic (exact) mass is 476 g/mol. The highest BCUT2D eigenvalue weighted by molar-refractivity contribution is 8.15. The van der Waals surface area contributed by atoms with Gasteiger partial charge in [-0.05, 0) is 37.8 Å². The number of thioether (sulfide) groups is 1. The number of aliphatic hydroxyl groups excluding tert-OH is 1. The molecule has 1 aliphatic carbocycles. The summed E-state index contributed by atoms with van der Waals surface area (Å²) in [6, 6.07) is 0. The van der Waals surface area contributed by atoms with Crippen molar-refractivity contribution in [2.24, 2.45) is 5.92 Å². The molecule has 2 unspecified atom stereocenters. The zero-order chi connectivity index (χ0) is 23.7. The molecule has 7 heteroatoms. The van der Waals surface area contributed by atoms with Crippen molar-refractivity contribution in [2.45, 2.75) is 70.0 Å². The van der Waals surface area contributed by atoms with Crippen LogP contribution in [0.15, 0.2) is 35.8 Å². The molecule has 2 heterocycles. The molecule has 2 aliphatic heterocycles. The lowest BCUT2D eigenvalue weighted by Gasteiger charge is -2.36. The molecule has 1 amide bonds. The third kappa shape index (κ3) is 7.92. The maximum absolute atomic E-state index is 12.8. The number of hydrogen-bond donors (Lipinski definition) is 1. The predicted molar refractivity (Wildman–Crippen MR) is 134 cm³/mol. The van der Waals surface area contributed by atoms with Crippen LogP contribution in [0.1, 0.15) is 65.2 Å². The highest BCUT2D eigenvalue weighted by Gasteiger charge is 2.39. The number of unbranched alkanes of at least 4 members (excludes halogenated alkanes) is 5.